The van der Waals surface area contributed by atoms with E-state index in [1.165, 1.54) is 25.7 Å². The van der Waals surface area contributed by atoms with Crippen molar-refractivity contribution in [1.82, 2.24) is 10.2 Å². The molecule has 2 aliphatic rings. The number of rotatable bonds is 4. The number of nitrogens with zero attached hydrogens (tertiary/aromatic N) is 1. The molecule has 2 rings (SSSR count). The molecule has 1 aliphatic carbocycles. The Morgan fingerprint density at radius 1 is 1.15 bits per heavy atom. The fourth-order valence-corrected chi connectivity index (χ4v) is 3.43. The summed E-state index contributed by atoms with van der Waals surface area (Å²) >= 11 is 0. The molecule has 0 aromatic heterocycles. The van der Waals surface area contributed by atoms with Crippen LogP contribution in [0.25, 0.3) is 0 Å². The maximum atomic E-state index is 12.4. The molecule has 0 aromatic rings. The van der Waals surface area contributed by atoms with Crippen molar-refractivity contribution in [3.63, 3.8) is 0 Å². The van der Waals surface area contributed by atoms with E-state index in [2.05, 4.69) is 10.2 Å². The first kappa shape index (κ1) is 15.8. The number of hydrogen-bond acceptors (Lipinski definition) is 3. The second-order valence-corrected chi connectivity index (χ2v) is 6.53. The highest BCUT2D eigenvalue weighted by molar-refractivity contribution is 5.81. The van der Waals surface area contributed by atoms with Crippen LogP contribution < -0.4 is 5.32 Å². The number of likely N-dealkylation sites (tertiary alicyclic amines) is 1. The molecule has 2 fully saturated rings. The fourth-order valence-electron chi connectivity index (χ4n) is 3.43. The van der Waals surface area contributed by atoms with Gasteiger partial charge in [-0.25, -0.2) is 0 Å². The molecular formula is C16H30N2O2. The topological polar surface area (TPSA) is 52.6 Å². The molecule has 2 N–H and O–H groups in total. The van der Waals surface area contributed by atoms with Gasteiger partial charge in [-0.15, -0.1) is 0 Å². The molecular weight excluding hydrogens is 252 g/mol. The second-order valence-electron chi connectivity index (χ2n) is 6.53. The number of aliphatic hydroxyl groups is 1. The lowest BCUT2D eigenvalue weighted by molar-refractivity contribution is -0.127. The maximum absolute atomic E-state index is 12.4. The van der Waals surface area contributed by atoms with Crippen molar-refractivity contribution in [3.05, 3.63) is 0 Å². The summed E-state index contributed by atoms with van der Waals surface area (Å²) in [5, 5.41) is 12.4. The Balaban J connectivity index is 1.76. The van der Waals surface area contributed by atoms with Gasteiger partial charge in [0, 0.05) is 12.6 Å². The van der Waals surface area contributed by atoms with Crippen molar-refractivity contribution in [2.24, 2.45) is 5.92 Å². The van der Waals surface area contributed by atoms with E-state index in [0.29, 0.717) is 12.0 Å². The number of aliphatic hydroxyl groups excluding tert-OH is 1. The van der Waals surface area contributed by atoms with Crippen molar-refractivity contribution in [1.29, 1.82) is 0 Å². The van der Waals surface area contributed by atoms with E-state index >= 15 is 0 Å². The van der Waals surface area contributed by atoms with Crippen LogP contribution in [0.1, 0.15) is 58.3 Å². The van der Waals surface area contributed by atoms with E-state index in [-0.39, 0.29) is 18.6 Å². The Morgan fingerprint density at radius 2 is 1.75 bits per heavy atom. The third-order valence-corrected chi connectivity index (χ3v) is 5.04. The molecule has 1 atom stereocenters. The average molecular weight is 282 g/mol. The van der Waals surface area contributed by atoms with Gasteiger partial charge >= 0.3 is 0 Å². The van der Waals surface area contributed by atoms with Crippen LogP contribution in [0.4, 0.5) is 0 Å². The zero-order valence-corrected chi connectivity index (χ0v) is 12.8. The van der Waals surface area contributed by atoms with Crippen LogP contribution in [0.2, 0.25) is 0 Å². The minimum Gasteiger partial charge on any atom is -0.396 e. The van der Waals surface area contributed by atoms with Gasteiger partial charge in [0.15, 0.2) is 0 Å². The molecule has 0 spiro atoms. The third kappa shape index (κ3) is 4.45. The highest BCUT2D eigenvalue weighted by atomic mass is 16.3. The van der Waals surface area contributed by atoms with Crippen LogP contribution in [0, 0.1) is 5.92 Å². The predicted molar refractivity (Wildman–Crippen MR) is 80.5 cm³/mol. The third-order valence-electron chi connectivity index (χ3n) is 5.04. The van der Waals surface area contributed by atoms with Crippen molar-refractivity contribution >= 4 is 5.91 Å². The number of amides is 1. The summed E-state index contributed by atoms with van der Waals surface area (Å²) in [6.45, 7) is 4.18. The van der Waals surface area contributed by atoms with Gasteiger partial charge < -0.3 is 10.4 Å². The second kappa shape index (κ2) is 7.99. The van der Waals surface area contributed by atoms with Gasteiger partial charge in [-0.05, 0) is 51.6 Å². The first-order valence-electron chi connectivity index (χ1n) is 8.36. The molecule has 0 aromatic carbocycles. The molecule has 20 heavy (non-hydrogen) atoms. The summed E-state index contributed by atoms with van der Waals surface area (Å²) < 4.78 is 0. The summed E-state index contributed by atoms with van der Waals surface area (Å²) in [6, 6.07) is 0.361. The fraction of sp³-hybridized carbons (Fsp3) is 0.938. The molecule has 1 heterocycles. The molecule has 116 valence electrons. The van der Waals surface area contributed by atoms with Crippen LogP contribution in [0.3, 0.4) is 0 Å². The lowest BCUT2D eigenvalue weighted by Crippen LogP contribution is -2.50. The largest absolute Gasteiger partial charge is 0.396 e. The minimum absolute atomic E-state index is 0.0297. The summed E-state index contributed by atoms with van der Waals surface area (Å²) in [6.07, 6.45) is 9.45. The SMILES string of the molecule is CC(C(=O)NC1CCCCCC1)N1CCC(CO)CC1. The molecule has 1 saturated heterocycles. The number of nitrogens with one attached hydrogen (secondary N) is 1. The maximum Gasteiger partial charge on any atom is 0.237 e. The Hall–Kier alpha value is -0.610. The number of piperidine rings is 1. The standard InChI is InChI=1S/C16H30N2O2/c1-13(18-10-8-14(12-19)9-11-18)16(20)17-15-6-4-2-3-5-7-15/h13-15,19H,2-12H2,1H3,(H,17,20). The van der Waals surface area contributed by atoms with Gasteiger partial charge in [-0.1, -0.05) is 25.7 Å². The zero-order valence-electron chi connectivity index (χ0n) is 12.8. The molecule has 1 amide bonds. The number of carbonyl (C=O) groups excluding carboxylic acids is 1. The number of hydrogen-bond donors (Lipinski definition) is 2. The zero-order chi connectivity index (χ0) is 14.4. The highest BCUT2D eigenvalue weighted by Crippen LogP contribution is 2.20. The van der Waals surface area contributed by atoms with E-state index in [1.54, 1.807) is 0 Å². The van der Waals surface area contributed by atoms with E-state index in [1.807, 2.05) is 6.92 Å². The van der Waals surface area contributed by atoms with Gasteiger partial charge in [0.1, 0.15) is 0 Å². The summed E-state index contributed by atoms with van der Waals surface area (Å²) in [5.74, 6) is 0.628. The van der Waals surface area contributed by atoms with Crippen LogP contribution in [-0.2, 0) is 4.79 Å². The molecule has 1 aliphatic heterocycles. The lowest BCUT2D eigenvalue weighted by Gasteiger charge is -2.35. The highest BCUT2D eigenvalue weighted by Gasteiger charge is 2.27. The smallest absolute Gasteiger partial charge is 0.237 e. The summed E-state index contributed by atoms with van der Waals surface area (Å²) in [4.78, 5) is 14.6. The van der Waals surface area contributed by atoms with Gasteiger partial charge in [0.2, 0.25) is 5.91 Å². The molecule has 0 bridgehead atoms. The first-order chi connectivity index (χ1) is 9.70. The Bertz CT molecular complexity index is 293. The van der Waals surface area contributed by atoms with Gasteiger partial charge in [-0.2, -0.15) is 0 Å². The predicted octanol–water partition coefficient (Wildman–Crippen LogP) is 1.92. The van der Waals surface area contributed by atoms with Crippen molar-refractivity contribution in [3.8, 4) is 0 Å². The van der Waals surface area contributed by atoms with Crippen molar-refractivity contribution < 1.29 is 9.90 Å². The quantitative estimate of drug-likeness (QED) is 0.775. The van der Waals surface area contributed by atoms with E-state index in [4.69, 9.17) is 0 Å². The summed E-state index contributed by atoms with van der Waals surface area (Å²) in [7, 11) is 0. The van der Waals surface area contributed by atoms with Crippen molar-refractivity contribution in [2.75, 3.05) is 19.7 Å². The van der Waals surface area contributed by atoms with E-state index < -0.39 is 0 Å². The van der Waals surface area contributed by atoms with Crippen molar-refractivity contribution in [2.45, 2.75) is 70.4 Å². The summed E-state index contributed by atoms with van der Waals surface area (Å²) in [5.41, 5.74) is 0. The lowest BCUT2D eigenvalue weighted by atomic mass is 9.96. The van der Waals surface area contributed by atoms with Crippen LogP contribution in [0.5, 0.6) is 0 Å². The molecule has 4 nitrogen and oxygen atoms in total. The Morgan fingerprint density at radius 3 is 2.30 bits per heavy atom. The molecule has 1 saturated carbocycles. The van der Waals surface area contributed by atoms with Gasteiger partial charge in [-0.3, -0.25) is 9.69 Å². The van der Waals surface area contributed by atoms with Crippen LogP contribution in [0.15, 0.2) is 0 Å². The Labute approximate surface area is 122 Å². The molecule has 4 heteroatoms. The first-order valence-corrected chi connectivity index (χ1v) is 8.36. The monoisotopic (exact) mass is 282 g/mol. The van der Waals surface area contributed by atoms with Gasteiger partial charge in [0.25, 0.3) is 0 Å². The molecule has 1 unspecified atom stereocenters. The molecule has 0 radical (unpaired) electrons. The number of carbonyl (C=O) groups is 1. The normalized spacial score (nSPS) is 25.1. The van der Waals surface area contributed by atoms with Crippen LogP contribution >= 0.6 is 0 Å². The van der Waals surface area contributed by atoms with Crippen LogP contribution in [-0.4, -0.2) is 47.7 Å². The van der Waals surface area contributed by atoms with E-state index in [0.717, 1.165) is 38.8 Å². The minimum atomic E-state index is -0.0297. The Kier molecular flexibility index (Phi) is 6.30. The van der Waals surface area contributed by atoms with Gasteiger partial charge in [0.05, 0.1) is 6.04 Å². The average Bonchev–Trinajstić information content (AvgIpc) is 2.75. The van der Waals surface area contributed by atoms with E-state index in [9.17, 15) is 9.90 Å².